The molecule has 0 spiro atoms. The fraction of sp³-hybridized carbons (Fsp3) is 0.500. The molecule has 1 aliphatic heterocycles. The Balaban J connectivity index is 2.20. The van der Waals surface area contributed by atoms with Crippen LogP contribution in [0.4, 0.5) is 11.4 Å². The number of rotatable bonds is 4. The third kappa shape index (κ3) is 3.17. The van der Waals surface area contributed by atoms with Crippen molar-refractivity contribution >= 4 is 17.3 Å². The summed E-state index contributed by atoms with van der Waals surface area (Å²) in [6.07, 6.45) is 2.42. The van der Waals surface area contributed by atoms with E-state index < -0.39 is 0 Å². The smallest absolute Gasteiger partial charge is 0.253 e. The lowest BCUT2D eigenvalue weighted by Crippen LogP contribution is -2.31. The first-order valence-electron chi connectivity index (χ1n) is 6.56. The van der Waals surface area contributed by atoms with Gasteiger partial charge in [-0.1, -0.05) is 0 Å². The second kappa shape index (κ2) is 5.93. The highest BCUT2D eigenvalue weighted by Crippen LogP contribution is 2.24. The van der Waals surface area contributed by atoms with Crippen LogP contribution in [0.25, 0.3) is 0 Å². The van der Waals surface area contributed by atoms with Crippen molar-refractivity contribution in [3.05, 3.63) is 23.8 Å². The summed E-state index contributed by atoms with van der Waals surface area (Å²) in [5, 5.41) is 2.65. The topological polar surface area (TPSA) is 67.6 Å². The molecule has 0 bridgehead atoms. The molecule has 0 radical (unpaired) electrons. The minimum absolute atomic E-state index is 0.103. The Labute approximate surface area is 113 Å². The van der Waals surface area contributed by atoms with Crippen molar-refractivity contribution in [3.8, 4) is 0 Å². The van der Waals surface area contributed by atoms with Gasteiger partial charge in [-0.15, -0.1) is 0 Å². The first-order valence-corrected chi connectivity index (χ1v) is 6.56. The number of anilines is 2. The zero-order chi connectivity index (χ0) is 13.8. The van der Waals surface area contributed by atoms with Crippen LogP contribution >= 0.6 is 0 Å². The molecule has 1 unspecified atom stereocenters. The summed E-state index contributed by atoms with van der Waals surface area (Å²) in [5.74, 6) is -0.103. The zero-order valence-corrected chi connectivity index (χ0v) is 11.5. The second-order valence-electron chi connectivity index (χ2n) is 4.87. The molecule has 19 heavy (non-hydrogen) atoms. The zero-order valence-electron chi connectivity index (χ0n) is 11.5. The highest BCUT2D eigenvalue weighted by atomic mass is 16.5. The number of nitrogens with two attached hydrogens (primary N) is 1. The second-order valence-corrected chi connectivity index (χ2v) is 4.87. The van der Waals surface area contributed by atoms with E-state index in [4.69, 9.17) is 10.5 Å². The Morgan fingerprint density at radius 3 is 3.00 bits per heavy atom. The maximum Gasteiger partial charge on any atom is 0.253 e. The number of nitrogens with one attached hydrogen (secondary N) is 1. The van der Waals surface area contributed by atoms with Crippen LogP contribution in [0.2, 0.25) is 0 Å². The number of hydrogen-bond acceptors (Lipinski definition) is 4. The van der Waals surface area contributed by atoms with Crippen molar-refractivity contribution < 1.29 is 9.53 Å². The Morgan fingerprint density at radius 2 is 2.37 bits per heavy atom. The minimum Gasteiger partial charge on any atom is -0.399 e. The van der Waals surface area contributed by atoms with E-state index in [1.807, 2.05) is 18.0 Å². The summed E-state index contributed by atoms with van der Waals surface area (Å²) in [5.41, 5.74) is 7.96. The fourth-order valence-electron chi connectivity index (χ4n) is 2.38. The Kier molecular flexibility index (Phi) is 4.27. The molecule has 1 aromatic rings. The number of carbonyl (C=O) groups excluding carboxylic acids is 1. The molecule has 1 heterocycles. The maximum atomic E-state index is 11.9. The van der Waals surface area contributed by atoms with Crippen LogP contribution in [-0.4, -0.2) is 39.3 Å². The summed E-state index contributed by atoms with van der Waals surface area (Å²) in [7, 11) is 3.59. The fourth-order valence-corrected chi connectivity index (χ4v) is 2.38. The van der Waals surface area contributed by atoms with Crippen LogP contribution in [-0.2, 0) is 4.74 Å². The van der Waals surface area contributed by atoms with Crippen molar-refractivity contribution in [1.29, 1.82) is 0 Å². The van der Waals surface area contributed by atoms with E-state index in [2.05, 4.69) is 5.32 Å². The predicted molar refractivity (Wildman–Crippen MR) is 76.5 cm³/mol. The molecule has 104 valence electrons. The molecule has 5 heteroatoms. The number of ether oxygens (including phenoxy) is 1. The van der Waals surface area contributed by atoms with Crippen molar-refractivity contribution in [1.82, 2.24) is 5.32 Å². The average Bonchev–Trinajstić information content (AvgIpc) is 2.90. The lowest BCUT2D eigenvalue weighted by atomic mass is 10.1. The molecular formula is C14H21N3O2. The monoisotopic (exact) mass is 263 g/mol. The quantitative estimate of drug-likeness (QED) is 0.802. The highest BCUT2D eigenvalue weighted by Gasteiger charge is 2.20. The molecule has 1 amide bonds. The van der Waals surface area contributed by atoms with Gasteiger partial charge < -0.3 is 20.7 Å². The molecule has 1 atom stereocenters. The molecule has 0 aliphatic carbocycles. The van der Waals surface area contributed by atoms with Crippen LogP contribution in [0.5, 0.6) is 0 Å². The van der Waals surface area contributed by atoms with Crippen molar-refractivity contribution in [2.24, 2.45) is 0 Å². The third-order valence-electron chi connectivity index (χ3n) is 3.41. The molecule has 2 rings (SSSR count). The molecule has 3 N–H and O–H groups in total. The van der Waals surface area contributed by atoms with Gasteiger partial charge in [0.15, 0.2) is 0 Å². The summed E-state index contributed by atoms with van der Waals surface area (Å²) in [6, 6.07) is 5.34. The van der Waals surface area contributed by atoms with Crippen molar-refractivity contribution in [2.75, 3.05) is 37.9 Å². The van der Waals surface area contributed by atoms with Crippen LogP contribution in [0.15, 0.2) is 18.2 Å². The molecule has 1 aromatic carbocycles. The van der Waals surface area contributed by atoms with Gasteiger partial charge in [0.1, 0.15) is 0 Å². The molecule has 1 aliphatic rings. The predicted octanol–water partition coefficient (Wildman–Crippen LogP) is 1.24. The molecule has 0 aromatic heterocycles. The van der Waals surface area contributed by atoms with Crippen LogP contribution in [0.1, 0.15) is 23.2 Å². The van der Waals surface area contributed by atoms with E-state index in [9.17, 15) is 4.79 Å². The van der Waals surface area contributed by atoms with Gasteiger partial charge in [0.05, 0.1) is 17.4 Å². The summed E-state index contributed by atoms with van der Waals surface area (Å²) >= 11 is 0. The Bertz CT molecular complexity index is 456. The Hall–Kier alpha value is -1.75. The number of hydrogen-bond donors (Lipinski definition) is 2. The van der Waals surface area contributed by atoms with Gasteiger partial charge in [-0.3, -0.25) is 4.79 Å². The minimum atomic E-state index is -0.103. The molecule has 1 saturated heterocycles. The average molecular weight is 263 g/mol. The first-order chi connectivity index (χ1) is 9.11. The number of carbonyl (C=O) groups is 1. The van der Waals surface area contributed by atoms with Crippen LogP contribution in [0.3, 0.4) is 0 Å². The number of nitrogen functional groups attached to an aromatic ring is 1. The van der Waals surface area contributed by atoms with E-state index in [0.717, 1.165) is 31.7 Å². The third-order valence-corrected chi connectivity index (χ3v) is 3.41. The number of amides is 1. The SMILES string of the molecule is CNC(=O)c1ccc(N)cc1N(C)CC1CCCO1. The first kappa shape index (κ1) is 13.7. The number of likely N-dealkylation sites (N-methyl/N-ethyl adjacent to an activating group) is 1. The van der Waals surface area contributed by atoms with Crippen LogP contribution in [0, 0.1) is 0 Å². The molecule has 5 nitrogen and oxygen atoms in total. The normalized spacial score (nSPS) is 18.3. The lowest BCUT2D eigenvalue weighted by Gasteiger charge is -2.25. The van der Waals surface area contributed by atoms with E-state index in [-0.39, 0.29) is 12.0 Å². The standard InChI is InChI=1S/C14H21N3O2/c1-16-14(18)12-6-5-10(15)8-13(12)17(2)9-11-4-3-7-19-11/h5-6,8,11H,3-4,7,9,15H2,1-2H3,(H,16,18). The summed E-state index contributed by atoms with van der Waals surface area (Å²) in [4.78, 5) is 13.9. The van der Waals surface area contributed by atoms with E-state index >= 15 is 0 Å². The van der Waals surface area contributed by atoms with Gasteiger partial charge in [-0.05, 0) is 31.0 Å². The molecule has 1 fully saturated rings. The highest BCUT2D eigenvalue weighted by molar-refractivity contribution is 6.00. The molecular weight excluding hydrogens is 242 g/mol. The lowest BCUT2D eigenvalue weighted by molar-refractivity contribution is 0.0962. The summed E-state index contributed by atoms with van der Waals surface area (Å²) < 4.78 is 5.63. The van der Waals surface area contributed by atoms with Crippen molar-refractivity contribution in [2.45, 2.75) is 18.9 Å². The van der Waals surface area contributed by atoms with Gasteiger partial charge in [-0.25, -0.2) is 0 Å². The van der Waals surface area contributed by atoms with Gasteiger partial charge in [-0.2, -0.15) is 0 Å². The Morgan fingerprint density at radius 1 is 1.58 bits per heavy atom. The maximum absolute atomic E-state index is 11.9. The van der Waals surface area contributed by atoms with E-state index in [1.54, 1.807) is 19.2 Å². The van der Waals surface area contributed by atoms with E-state index in [0.29, 0.717) is 11.3 Å². The number of nitrogens with zero attached hydrogens (tertiary/aromatic N) is 1. The summed E-state index contributed by atoms with van der Waals surface area (Å²) in [6.45, 7) is 1.60. The van der Waals surface area contributed by atoms with E-state index in [1.165, 1.54) is 0 Å². The molecule has 0 saturated carbocycles. The largest absolute Gasteiger partial charge is 0.399 e. The van der Waals surface area contributed by atoms with Crippen LogP contribution < -0.4 is 16.0 Å². The van der Waals surface area contributed by atoms with Gasteiger partial charge >= 0.3 is 0 Å². The van der Waals surface area contributed by atoms with Gasteiger partial charge in [0.2, 0.25) is 0 Å². The van der Waals surface area contributed by atoms with Gasteiger partial charge in [0, 0.05) is 32.9 Å². The van der Waals surface area contributed by atoms with Gasteiger partial charge in [0.25, 0.3) is 5.91 Å². The van der Waals surface area contributed by atoms with Crippen molar-refractivity contribution in [3.63, 3.8) is 0 Å². The number of benzene rings is 1.